The Morgan fingerprint density at radius 2 is 2.00 bits per heavy atom. The fourth-order valence-corrected chi connectivity index (χ4v) is 7.05. The number of piperidine rings is 1. The van der Waals surface area contributed by atoms with Gasteiger partial charge in [0.05, 0.1) is 0 Å². The minimum Gasteiger partial charge on any atom is -0.370 e. The van der Waals surface area contributed by atoms with E-state index in [9.17, 15) is 0 Å². The van der Waals surface area contributed by atoms with Crippen molar-refractivity contribution in [2.24, 2.45) is 5.41 Å². The van der Waals surface area contributed by atoms with Crippen LogP contribution in [0.2, 0.25) is 0 Å². The lowest BCUT2D eigenvalue weighted by molar-refractivity contribution is -0.0336. The molecule has 4 atom stereocenters. The second-order valence-electron chi connectivity index (χ2n) is 8.23. The quantitative estimate of drug-likeness (QED) is 0.778. The number of likely N-dealkylation sites (N-methyl/N-ethyl adjacent to an activating group) is 1. The highest BCUT2D eigenvalue weighted by Gasteiger charge is 2.67. The zero-order valence-electron chi connectivity index (χ0n) is 14.0. The molecule has 0 radical (unpaired) electrons. The van der Waals surface area contributed by atoms with Crippen molar-refractivity contribution < 1.29 is 0 Å². The molecule has 1 aromatic rings. The van der Waals surface area contributed by atoms with Crippen LogP contribution in [-0.2, 0) is 5.41 Å². The monoisotopic (exact) mass is 296 g/mol. The molecule has 0 aromatic heterocycles. The summed E-state index contributed by atoms with van der Waals surface area (Å²) < 4.78 is 0. The van der Waals surface area contributed by atoms with E-state index < -0.39 is 0 Å². The number of hydrogen-bond donors (Lipinski definition) is 0. The van der Waals surface area contributed by atoms with Gasteiger partial charge in [0.25, 0.3) is 0 Å². The van der Waals surface area contributed by atoms with Crippen molar-refractivity contribution >= 4 is 5.69 Å². The molecule has 0 amide bonds. The van der Waals surface area contributed by atoms with E-state index in [-0.39, 0.29) is 0 Å². The molecule has 22 heavy (non-hydrogen) atoms. The summed E-state index contributed by atoms with van der Waals surface area (Å²) in [7, 11) is 2.35. The summed E-state index contributed by atoms with van der Waals surface area (Å²) in [6.45, 7) is 5.12. The molecule has 1 spiro atoms. The van der Waals surface area contributed by atoms with Crippen LogP contribution in [-0.4, -0.2) is 37.1 Å². The molecule has 1 saturated carbocycles. The number of fused-ring (bicyclic) bond motifs is 1. The van der Waals surface area contributed by atoms with Crippen molar-refractivity contribution in [3.63, 3.8) is 0 Å². The summed E-state index contributed by atoms with van der Waals surface area (Å²) in [6, 6.07) is 10.8. The van der Waals surface area contributed by atoms with Crippen molar-refractivity contribution in [2.45, 2.75) is 62.9 Å². The van der Waals surface area contributed by atoms with Crippen LogP contribution in [0.1, 0.15) is 51.0 Å². The van der Waals surface area contributed by atoms with Gasteiger partial charge in [0.2, 0.25) is 0 Å². The molecule has 0 N–H and O–H groups in total. The lowest BCUT2D eigenvalue weighted by Gasteiger charge is -2.58. The molecule has 2 nitrogen and oxygen atoms in total. The topological polar surface area (TPSA) is 6.48 Å². The largest absolute Gasteiger partial charge is 0.370 e. The van der Waals surface area contributed by atoms with Gasteiger partial charge in [-0.2, -0.15) is 0 Å². The predicted octanol–water partition coefficient (Wildman–Crippen LogP) is 3.80. The lowest BCUT2D eigenvalue weighted by atomic mass is 9.52. The Morgan fingerprint density at radius 1 is 1.14 bits per heavy atom. The zero-order valence-corrected chi connectivity index (χ0v) is 14.0. The van der Waals surface area contributed by atoms with Crippen molar-refractivity contribution in [3.05, 3.63) is 29.8 Å². The molecule has 0 unspecified atom stereocenters. The number of hydrogen-bond acceptors (Lipinski definition) is 2. The van der Waals surface area contributed by atoms with Crippen LogP contribution >= 0.6 is 0 Å². The Morgan fingerprint density at radius 3 is 2.86 bits per heavy atom. The van der Waals surface area contributed by atoms with Crippen LogP contribution in [0.5, 0.6) is 0 Å². The highest BCUT2D eigenvalue weighted by molar-refractivity contribution is 5.66. The third kappa shape index (κ3) is 1.33. The summed E-state index contributed by atoms with van der Waals surface area (Å²) in [5, 5.41) is 0. The highest BCUT2D eigenvalue weighted by Crippen LogP contribution is 2.64. The van der Waals surface area contributed by atoms with Gasteiger partial charge in [-0.3, -0.25) is 4.90 Å². The maximum atomic E-state index is 2.88. The fraction of sp³-hybridized carbons (Fsp3) is 0.700. The van der Waals surface area contributed by atoms with Crippen LogP contribution in [0.3, 0.4) is 0 Å². The molecule has 2 heteroatoms. The minimum absolute atomic E-state index is 0.417. The molecule has 3 aliphatic heterocycles. The summed E-state index contributed by atoms with van der Waals surface area (Å²) in [5.41, 5.74) is 4.20. The average Bonchev–Trinajstić information content (AvgIpc) is 3.08. The first-order chi connectivity index (χ1) is 10.7. The smallest absolute Gasteiger partial charge is 0.0406 e. The second kappa shape index (κ2) is 4.29. The van der Waals surface area contributed by atoms with Gasteiger partial charge in [-0.15, -0.1) is 0 Å². The molecule has 1 aromatic carbocycles. The van der Waals surface area contributed by atoms with E-state index in [0.717, 1.165) is 12.1 Å². The van der Waals surface area contributed by atoms with Crippen LogP contribution in [0.25, 0.3) is 0 Å². The normalized spacial score (nSPS) is 42.9. The zero-order chi connectivity index (χ0) is 14.9. The molecular weight excluding hydrogens is 268 g/mol. The van der Waals surface area contributed by atoms with Crippen molar-refractivity contribution in [1.82, 2.24) is 4.90 Å². The third-order valence-electron chi connectivity index (χ3n) is 7.83. The van der Waals surface area contributed by atoms with Crippen molar-refractivity contribution in [1.29, 1.82) is 0 Å². The summed E-state index contributed by atoms with van der Waals surface area (Å²) in [4.78, 5) is 5.52. The molecular formula is C20H28N2. The average molecular weight is 296 g/mol. The molecule has 4 aliphatic rings. The molecule has 2 saturated heterocycles. The van der Waals surface area contributed by atoms with E-state index in [2.05, 4.69) is 48.0 Å². The Balaban J connectivity index is 1.74. The van der Waals surface area contributed by atoms with Crippen LogP contribution in [0.15, 0.2) is 24.3 Å². The standard InChI is InChI=1S/C20H28N2/c1-3-19-10-6-13-22-14-12-20(18(19)22)15-7-4-5-8-16(15)21(2)17(20)9-11-19/h4-5,7-8,17-18H,3,6,9-14H2,1-2H3/t17-,18-,19-,20-/m1/s1. The molecule has 0 bridgehead atoms. The number of rotatable bonds is 1. The van der Waals surface area contributed by atoms with Gasteiger partial charge >= 0.3 is 0 Å². The van der Waals surface area contributed by atoms with Gasteiger partial charge in [-0.25, -0.2) is 0 Å². The van der Waals surface area contributed by atoms with Crippen LogP contribution in [0.4, 0.5) is 5.69 Å². The maximum Gasteiger partial charge on any atom is 0.0406 e. The first kappa shape index (κ1) is 13.4. The van der Waals surface area contributed by atoms with E-state index in [1.807, 2.05) is 0 Å². The summed E-state index contributed by atoms with van der Waals surface area (Å²) in [5.74, 6) is 0. The first-order valence-corrected chi connectivity index (χ1v) is 9.29. The Labute approximate surface area is 134 Å². The van der Waals surface area contributed by atoms with Gasteiger partial charge in [-0.05, 0) is 68.7 Å². The number of benzene rings is 1. The summed E-state index contributed by atoms with van der Waals surface area (Å²) in [6.07, 6.45) is 8.46. The van der Waals surface area contributed by atoms with Gasteiger partial charge in [0.15, 0.2) is 0 Å². The first-order valence-electron chi connectivity index (χ1n) is 9.29. The van der Waals surface area contributed by atoms with Gasteiger partial charge in [0, 0.05) is 30.2 Å². The molecule has 118 valence electrons. The predicted molar refractivity (Wildman–Crippen MR) is 91.5 cm³/mol. The minimum atomic E-state index is 0.417. The fourth-order valence-electron chi connectivity index (χ4n) is 7.05. The summed E-state index contributed by atoms with van der Waals surface area (Å²) >= 11 is 0. The third-order valence-corrected chi connectivity index (χ3v) is 7.83. The van der Waals surface area contributed by atoms with Crippen molar-refractivity contribution in [2.75, 3.05) is 25.0 Å². The maximum absolute atomic E-state index is 2.88. The van der Waals surface area contributed by atoms with E-state index in [1.54, 1.807) is 5.56 Å². The SMILES string of the molecule is CC[C@@]12CCCN3CC[C@]4(c5ccccc5N(C)[C@@H]4CC1)[C@H]32. The number of para-hydroxylation sites is 1. The van der Waals surface area contributed by atoms with Crippen molar-refractivity contribution in [3.8, 4) is 0 Å². The Hall–Kier alpha value is -1.02. The van der Waals surface area contributed by atoms with Gasteiger partial charge < -0.3 is 4.90 Å². The second-order valence-corrected chi connectivity index (χ2v) is 8.23. The number of anilines is 1. The molecule has 3 fully saturated rings. The van der Waals surface area contributed by atoms with E-state index >= 15 is 0 Å². The Kier molecular flexibility index (Phi) is 2.61. The highest BCUT2D eigenvalue weighted by atomic mass is 15.3. The van der Waals surface area contributed by atoms with Gasteiger partial charge in [-0.1, -0.05) is 25.1 Å². The lowest BCUT2D eigenvalue weighted by Crippen LogP contribution is -2.64. The van der Waals surface area contributed by atoms with Crippen LogP contribution in [0, 0.1) is 5.41 Å². The van der Waals surface area contributed by atoms with E-state index in [0.29, 0.717) is 10.8 Å². The Bertz CT molecular complexity index is 611. The molecule has 3 heterocycles. The van der Waals surface area contributed by atoms with E-state index in [4.69, 9.17) is 0 Å². The van der Waals surface area contributed by atoms with E-state index in [1.165, 1.54) is 57.3 Å². The molecule has 1 aliphatic carbocycles. The number of nitrogens with zero attached hydrogens (tertiary/aromatic N) is 2. The van der Waals surface area contributed by atoms with Crippen LogP contribution < -0.4 is 4.90 Å². The van der Waals surface area contributed by atoms with Gasteiger partial charge in [0.1, 0.15) is 0 Å². The molecule has 5 rings (SSSR count).